The van der Waals surface area contributed by atoms with E-state index in [0.29, 0.717) is 35.8 Å². The monoisotopic (exact) mass is 344 g/mol. The number of carbonyl (C=O) groups is 1. The van der Waals surface area contributed by atoms with E-state index in [1.807, 2.05) is 24.3 Å². The minimum atomic E-state index is -0.212. The maximum absolute atomic E-state index is 12.1. The lowest BCUT2D eigenvalue weighted by molar-refractivity contribution is 0.0546. The van der Waals surface area contributed by atoms with Gasteiger partial charge < -0.3 is 19.8 Å². The second kappa shape index (κ2) is 7.65. The van der Waals surface area contributed by atoms with Crippen LogP contribution in [0.25, 0.3) is 11.5 Å². The summed E-state index contributed by atoms with van der Waals surface area (Å²) in [5.41, 5.74) is 1.52. The van der Waals surface area contributed by atoms with Gasteiger partial charge in [-0.15, -0.1) is 10.2 Å². The van der Waals surface area contributed by atoms with E-state index in [-0.39, 0.29) is 12.1 Å². The van der Waals surface area contributed by atoms with Crippen LogP contribution in [0.3, 0.4) is 0 Å². The summed E-state index contributed by atoms with van der Waals surface area (Å²) < 4.78 is 11.1. The molecule has 0 radical (unpaired) electrons. The molecule has 3 rings (SSSR count). The van der Waals surface area contributed by atoms with E-state index in [0.717, 1.165) is 18.6 Å². The first-order chi connectivity index (χ1) is 12.0. The summed E-state index contributed by atoms with van der Waals surface area (Å²) >= 11 is 0. The Kier molecular flexibility index (Phi) is 5.33. The van der Waals surface area contributed by atoms with Crippen LogP contribution in [0.2, 0.25) is 0 Å². The summed E-state index contributed by atoms with van der Waals surface area (Å²) in [6.45, 7) is 7.43. The van der Waals surface area contributed by atoms with Gasteiger partial charge in [0, 0.05) is 37.2 Å². The number of carbonyl (C=O) groups excluding carboxylic acids is 1. The molecule has 1 aliphatic heterocycles. The van der Waals surface area contributed by atoms with E-state index in [4.69, 9.17) is 9.15 Å². The van der Waals surface area contributed by atoms with Crippen LogP contribution in [0.15, 0.2) is 28.7 Å². The van der Waals surface area contributed by atoms with Crippen molar-refractivity contribution < 1.29 is 13.9 Å². The minimum absolute atomic E-state index is 0.212. The van der Waals surface area contributed by atoms with Gasteiger partial charge in [0.2, 0.25) is 11.8 Å². The van der Waals surface area contributed by atoms with Crippen molar-refractivity contribution in [2.45, 2.75) is 33.3 Å². The van der Waals surface area contributed by atoms with Crippen molar-refractivity contribution in [3.8, 4) is 11.5 Å². The van der Waals surface area contributed by atoms with Crippen LogP contribution in [0.4, 0.5) is 10.5 Å². The molecular formula is C18H24N4O3. The summed E-state index contributed by atoms with van der Waals surface area (Å²) in [6.07, 6.45) is 1.21. The molecular weight excluding hydrogens is 320 g/mol. The molecule has 0 saturated carbocycles. The molecule has 2 amide bonds. The van der Waals surface area contributed by atoms with Crippen LogP contribution in [0.1, 0.15) is 26.2 Å². The third-order valence-corrected chi connectivity index (χ3v) is 4.36. The number of urea groups is 1. The predicted molar refractivity (Wildman–Crippen MR) is 94.2 cm³/mol. The number of benzene rings is 1. The maximum atomic E-state index is 12.1. The van der Waals surface area contributed by atoms with Crippen molar-refractivity contribution in [1.82, 2.24) is 15.5 Å². The van der Waals surface area contributed by atoms with Gasteiger partial charge in [0.15, 0.2) is 0 Å². The van der Waals surface area contributed by atoms with Gasteiger partial charge in [-0.05, 0) is 36.6 Å². The molecule has 1 saturated heterocycles. The van der Waals surface area contributed by atoms with Crippen molar-refractivity contribution in [1.29, 1.82) is 0 Å². The van der Waals surface area contributed by atoms with Crippen molar-refractivity contribution in [2.24, 2.45) is 11.8 Å². The Morgan fingerprint density at radius 1 is 1.28 bits per heavy atom. The molecule has 2 atom stereocenters. The van der Waals surface area contributed by atoms with Gasteiger partial charge in [0.25, 0.3) is 0 Å². The average molecular weight is 344 g/mol. The lowest BCUT2D eigenvalue weighted by Gasteiger charge is -2.22. The molecule has 2 heterocycles. The minimum Gasteiger partial charge on any atom is -0.421 e. The quantitative estimate of drug-likeness (QED) is 0.869. The molecule has 1 aliphatic rings. The highest BCUT2D eigenvalue weighted by Gasteiger charge is 2.30. The highest BCUT2D eigenvalue weighted by Crippen LogP contribution is 2.26. The third-order valence-electron chi connectivity index (χ3n) is 4.36. The van der Waals surface area contributed by atoms with E-state index in [2.05, 4.69) is 34.7 Å². The van der Waals surface area contributed by atoms with Gasteiger partial charge in [-0.2, -0.15) is 0 Å². The van der Waals surface area contributed by atoms with E-state index < -0.39 is 0 Å². The Hall–Kier alpha value is -2.41. The lowest BCUT2D eigenvalue weighted by Crippen LogP contribution is -2.37. The zero-order chi connectivity index (χ0) is 17.8. The van der Waals surface area contributed by atoms with Gasteiger partial charge >= 0.3 is 6.03 Å². The number of anilines is 1. The number of nitrogens with zero attached hydrogens (tertiary/aromatic N) is 2. The van der Waals surface area contributed by atoms with Crippen molar-refractivity contribution in [3.05, 3.63) is 30.2 Å². The number of hydrogen-bond donors (Lipinski definition) is 2. The molecule has 7 heteroatoms. The summed E-state index contributed by atoms with van der Waals surface area (Å²) in [5, 5.41) is 13.6. The van der Waals surface area contributed by atoms with Crippen molar-refractivity contribution in [2.75, 3.05) is 18.5 Å². The lowest BCUT2D eigenvalue weighted by atomic mass is 9.93. The Morgan fingerprint density at radius 3 is 2.68 bits per heavy atom. The largest absolute Gasteiger partial charge is 0.421 e. The van der Waals surface area contributed by atoms with Gasteiger partial charge in [-0.1, -0.05) is 13.8 Å². The average Bonchev–Trinajstić information content (AvgIpc) is 3.22. The number of aryl methyl sites for hydroxylation is 1. The third kappa shape index (κ3) is 4.36. The van der Waals surface area contributed by atoms with Gasteiger partial charge in [-0.3, -0.25) is 0 Å². The van der Waals surface area contributed by atoms with Crippen LogP contribution < -0.4 is 10.6 Å². The second-order valence-corrected chi connectivity index (χ2v) is 6.67. The Bertz CT molecular complexity index is 711. The van der Waals surface area contributed by atoms with E-state index >= 15 is 0 Å². The first-order valence-corrected chi connectivity index (χ1v) is 8.60. The highest BCUT2D eigenvalue weighted by molar-refractivity contribution is 5.89. The van der Waals surface area contributed by atoms with Crippen LogP contribution >= 0.6 is 0 Å². The number of rotatable bonds is 5. The highest BCUT2D eigenvalue weighted by atomic mass is 16.5. The molecule has 0 bridgehead atoms. The van der Waals surface area contributed by atoms with Crippen LogP contribution in [-0.4, -0.2) is 35.5 Å². The topological polar surface area (TPSA) is 89.3 Å². The van der Waals surface area contributed by atoms with E-state index in [1.54, 1.807) is 6.92 Å². The first kappa shape index (κ1) is 17.4. The van der Waals surface area contributed by atoms with E-state index in [1.165, 1.54) is 0 Å². The molecule has 134 valence electrons. The fraction of sp³-hybridized carbons (Fsp3) is 0.500. The number of ether oxygens (including phenoxy) is 1. The molecule has 7 nitrogen and oxygen atoms in total. The fourth-order valence-electron chi connectivity index (χ4n) is 3.12. The summed E-state index contributed by atoms with van der Waals surface area (Å²) in [5.74, 6) is 1.81. The molecule has 2 aromatic rings. The van der Waals surface area contributed by atoms with Crippen molar-refractivity contribution in [3.63, 3.8) is 0 Å². The number of amides is 2. The molecule has 0 spiro atoms. The van der Waals surface area contributed by atoms with Crippen LogP contribution in [0.5, 0.6) is 0 Å². The zero-order valence-electron chi connectivity index (χ0n) is 14.8. The molecule has 25 heavy (non-hydrogen) atoms. The van der Waals surface area contributed by atoms with Crippen LogP contribution in [0, 0.1) is 18.8 Å². The molecule has 0 aliphatic carbocycles. The number of aromatic nitrogens is 2. The normalized spacial score (nSPS) is 20.0. The SMILES string of the molecule is Cc1nnc(-c2ccc(NC(=O)NC[C@H]3CCO[C@@H]3C(C)C)cc2)o1. The predicted octanol–water partition coefficient (Wildman–Crippen LogP) is 3.23. The summed E-state index contributed by atoms with van der Waals surface area (Å²) in [4.78, 5) is 12.1. The molecule has 1 aromatic heterocycles. The Morgan fingerprint density at radius 2 is 2.04 bits per heavy atom. The summed E-state index contributed by atoms with van der Waals surface area (Å²) in [6, 6.07) is 7.08. The molecule has 2 N–H and O–H groups in total. The fourth-order valence-corrected chi connectivity index (χ4v) is 3.12. The smallest absolute Gasteiger partial charge is 0.319 e. The molecule has 1 fully saturated rings. The van der Waals surface area contributed by atoms with Gasteiger partial charge in [0.1, 0.15) is 0 Å². The first-order valence-electron chi connectivity index (χ1n) is 8.60. The second-order valence-electron chi connectivity index (χ2n) is 6.67. The van der Waals surface area contributed by atoms with Gasteiger partial charge in [-0.25, -0.2) is 4.79 Å². The van der Waals surface area contributed by atoms with Crippen LogP contribution in [-0.2, 0) is 4.74 Å². The number of hydrogen-bond acceptors (Lipinski definition) is 5. The van der Waals surface area contributed by atoms with Gasteiger partial charge in [0.05, 0.1) is 6.10 Å². The van der Waals surface area contributed by atoms with E-state index in [9.17, 15) is 4.79 Å². The molecule has 0 unspecified atom stereocenters. The Balaban J connectivity index is 1.51. The maximum Gasteiger partial charge on any atom is 0.319 e. The number of nitrogens with one attached hydrogen (secondary N) is 2. The summed E-state index contributed by atoms with van der Waals surface area (Å²) in [7, 11) is 0. The Labute approximate surface area is 147 Å². The molecule has 1 aromatic carbocycles. The van der Waals surface area contributed by atoms with Crippen molar-refractivity contribution >= 4 is 11.7 Å². The standard InChI is InChI=1S/C18H24N4O3/c1-11(2)16-14(8-9-24-16)10-19-18(23)20-15-6-4-13(5-7-15)17-22-21-12(3)25-17/h4-7,11,14,16H,8-10H2,1-3H3,(H2,19,20,23)/t14-,16-/m1/s1. The zero-order valence-corrected chi connectivity index (χ0v) is 14.8.